The zero-order valence-electron chi connectivity index (χ0n) is 15.5. The summed E-state index contributed by atoms with van der Waals surface area (Å²) in [4.78, 5) is 29.5. The molecule has 0 aromatic heterocycles. The topological polar surface area (TPSA) is 40.6 Å². The molecule has 6 heteroatoms. The number of halogens is 2. The predicted molar refractivity (Wildman–Crippen MR) is 101 cm³/mol. The van der Waals surface area contributed by atoms with Crippen LogP contribution < -0.4 is 0 Å². The Morgan fingerprint density at radius 1 is 0.786 bits per heavy atom. The minimum Gasteiger partial charge on any atom is -0.342 e. The first-order valence-corrected chi connectivity index (χ1v) is 9.62. The van der Waals surface area contributed by atoms with Gasteiger partial charge in [-0.05, 0) is 54.8 Å². The number of hydrogen-bond donors (Lipinski definition) is 0. The van der Waals surface area contributed by atoms with Crippen molar-refractivity contribution in [2.75, 3.05) is 26.2 Å². The average Bonchev–Trinajstić information content (AvgIpc) is 3.38. The van der Waals surface area contributed by atoms with Crippen molar-refractivity contribution in [3.05, 3.63) is 71.3 Å². The van der Waals surface area contributed by atoms with Crippen molar-refractivity contribution in [2.24, 2.45) is 5.92 Å². The van der Waals surface area contributed by atoms with Crippen molar-refractivity contribution in [3.63, 3.8) is 0 Å². The van der Waals surface area contributed by atoms with Crippen LogP contribution in [0.5, 0.6) is 0 Å². The van der Waals surface area contributed by atoms with Gasteiger partial charge in [-0.2, -0.15) is 0 Å². The summed E-state index contributed by atoms with van der Waals surface area (Å²) in [6, 6.07) is 11.6. The van der Waals surface area contributed by atoms with Crippen molar-refractivity contribution < 1.29 is 18.4 Å². The fourth-order valence-corrected chi connectivity index (χ4v) is 4.21. The van der Waals surface area contributed by atoms with Gasteiger partial charge < -0.3 is 9.80 Å². The van der Waals surface area contributed by atoms with E-state index >= 15 is 0 Å². The lowest BCUT2D eigenvalue weighted by molar-refractivity contribution is -0.134. The Kier molecular flexibility index (Phi) is 5.11. The maximum Gasteiger partial charge on any atom is 0.253 e. The molecule has 0 N–H and O–H groups in total. The summed E-state index contributed by atoms with van der Waals surface area (Å²) < 4.78 is 26.5. The Morgan fingerprint density at radius 2 is 1.36 bits per heavy atom. The standard InChI is InChI=1S/C22H22F2N2O2/c23-17-7-3-15(4-8-17)19-13-26(21(27)16-5-9-18(24)10-6-16)14-20(19)22(28)25-11-1-2-12-25/h3-10,19-20H,1-2,11-14H2. The van der Waals surface area contributed by atoms with Crippen LogP contribution in [0.2, 0.25) is 0 Å². The molecular formula is C22H22F2N2O2. The summed E-state index contributed by atoms with van der Waals surface area (Å²) in [5.74, 6) is -1.43. The number of rotatable bonds is 3. The highest BCUT2D eigenvalue weighted by Gasteiger charge is 2.42. The van der Waals surface area contributed by atoms with E-state index < -0.39 is 5.82 Å². The highest BCUT2D eigenvalue weighted by molar-refractivity contribution is 5.95. The molecule has 4 rings (SSSR count). The van der Waals surface area contributed by atoms with Crippen LogP contribution in [0.3, 0.4) is 0 Å². The van der Waals surface area contributed by atoms with E-state index in [1.54, 1.807) is 17.0 Å². The molecule has 2 fully saturated rings. The predicted octanol–water partition coefficient (Wildman–Crippen LogP) is 3.44. The molecule has 2 heterocycles. The third-order valence-corrected chi connectivity index (χ3v) is 5.73. The Labute approximate surface area is 162 Å². The first kappa shape index (κ1) is 18.6. The zero-order valence-corrected chi connectivity index (χ0v) is 15.5. The maximum absolute atomic E-state index is 13.4. The van der Waals surface area contributed by atoms with Crippen LogP contribution in [0, 0.1) is 17.6 Å². The van der Waals surface area contributed by atoms with Gasteiger partial charge >= 0.3 is 0 Å². The van der Waals surface area contributed by atoms with Gasteiger partial charge in [-0.1, -0.05) is 12.1 Å². The lowest BCUT2D eigenvalue weighted by Crippen LogP contribution is -2.37. The third-order valence-electron chi connectivity index (χ3n) is 5.73. The monoisotopic (exact) mass is 384 g/mol. The maximum atomic E-state index is 13.4. The van der Waals surface area contributed by atoms with Crippen LogP contribution in [0.1, 0.15) is 34.7 Å². The van der Waals surface area contributed by atoms with Gasteiger partial charge in [-0.25, -0.2) is 8.78 Å². The highest BCUT2D eigenvalue weighted by Crippen LogP contribution is 2.35. The summed E-state index contributed by atoms with van der Waals surface area (Å²) >= 11 is 0. The highest BCUT2D eigenvalue weighted by atomic mass is 19.1. The van der Waals surface area contributed by atoms with Crippen molar-refractivity contribution in [1.29, 1.82) is 0 Å². The van der Waals surface area contributed by atoms with Gasteiger partial charge in [-0.3, -0.25) is 9.59 Å². The van der Waals surface area contributed by atoms with E-state index in [9.17, 15) is 18.4 Å². The minimum absolute atomic E-state index is 0.0567. The van der Waals surface area contributed by atoms with E-state index in [-0.39, 0.29) is 29.5 Å². The van der Waals surface area contributed by atoms with Crippen LogP contribution in [0.15, 0.2) is 48.5 Å². The molecule has 2 atom stereocenters. The van der Waals surface area contributed by atoms with Gasteiger partial charge in [0, 0.05) is 37.7 Å². The summed E-state index contributed by atoms with van der Waals surface area (Å²) in [7, 11) is 0. The quantitative estimate of drug-likeness (QED) is 0.813. The van der Waals surface area contributed by atoms with Gasteiger partial charge in [-0.15, -0.1) is 0 Å². The Morgan fingerprint density at radius 3 is 1.96 bits per heavy atom. The third kappa shape index (κ3) is 3.63. The van der Waals surface area contributed by atoms with Crippen molar-refractivity contribution in [2.45, 2.75) is 18.8 Å². The Hall–Kier alpha value is -2.76. The lowest BCUT2D eigenvalue weighted by Gasteiger charge is -2.24. The normalized spacial score (nSPS) is 21.9. The molecule has 146 valence electrons. The fraction of sp³-hybridized carbons (Fsp3) is 0.364. The van der Waals surface area contributed by atoms with Gasteiger partial charge in [0.05, 0.1) is 5.92 Å². The molecule has 2 amide bonds. The number of amides is 2. The van der Waals surface area contributed by atoms with Crippen LogP contribution in [-0.4, -0.2) is 47.8 Å². The SMILES string of the molecule is O=C(c1ccc(F)cc1)N1CC(C(=O)N2CCCC2)C(c2ccc(F)cc2)C1. The number of hydrogen-bond acceptors (Lipinski definition) is 2. The van der Waals surface area contributed by atoms with Crippen molar-refractivity contribution in [1.82, 2.24) is 9.80 Å². The molecule has 2 aliphatic heterocycles. The molecule has 4 nitrogen and oxygen atoms in total. The van der Waals surface area contributed by atoms with E-state index in [0.29, 0.717) is 18.7 Å². The van der Waals surface area contributed by atoms with Gasteiger partial charge in [0.1, 0.15) is 11.6 Å². The molecule has 0 radical (unpaired) electrons. The van der Waals surface area contributed by atoms with E-state index in [1.165, 1.54) is 36.4 Å². The number of carbonyl (C=O) groups is 2. The Balaban J connectivity index is 1.60. The summed E-state index contributed by atoms with van der Waals surface area (Å²) in [5, 5.41) is 0. The molecule has 28 heavy (non-hydrogen) atoms. The molecule has 2 saturated heterocycles. The molecule has 0 saturated carbocycles. The van der Waals surface area contributed by atoms with E-state index in [2.05, 4.69) is 0 Å². The average molecular weight is 384 g/mol. The molecule has 2 aromatic rings. The van der Waals surface area contributed by atoms with Crippen LogP contribution in [0.4, 0.5) is 8.78 Å². The number of benzene rings is 2. The number of carbonyl (C=O) groups excluding carboxylic acids is 2. The summed E-state index contributed by atoms with van der Waals surface area (Å²) in [6.07, 6.45) is 2.00. The molecule has 0 aliphatic carbocycles. The van der Waals surface area contributed by atoms with Gasteiger partial charge in [0.15, 0.2) is 0 Å². The lowest BCUT2D eigenvalue weighted by atomic mass is 9.88. The number of nitrogens with zero attached hydrogens (tertiary/aromatic N) is 2. The van der Waals surface area contributed by atoms with Gasteiger partial charge in [0.2, 0.25) is 5.91 Å². The van der Waals surface area contributed by atoms with E-state index in [4.69, 9.17) is 0 Å². The van der Waals surface area contributed by atoms with Gasteiger partial charge in [0.25, 0.3) is 5.91 Å². The second kappa shape index (κ2) is 7.70. The second-order valence-corrected chi connectivity index (χ2v) is 7.51. The van der Waals surface area contributed by atoms with E-state index in [1.807, 2.05) is 4.90 Å². The fourth-order valence-electron chi connectivity index (χ4n) is 4.21. The smallest absolute Gasteiger partial charge is 0.253 e. The first-order chi connectivity index (χ1) is 13.5. The molecule has 0 bridgehead atoms. The molecule has 0 spiro atoms. The second-order valence-electron chi connectivity index (χ2n) is 7.51. The summed E-state index contributed by atoms with van der Waals surface area (Å²) in [5.41, 5.74) is 1.25. The molecule has 2 aromatic carbocycles. The molecule has 2 aliphatic rings. The zero-order chi connectivity index (χ0) is 19.7. The van der Waals surface area contributed by atoms with Crippen molar-refractivity contribution in [3.8, 4) is 0 Å². The molecular weight excluding hydrogens is 362 g/mol. The van der Waals surface area contributed by atoms with Crippen molar-refractivity contribution >= 4 is 11.8 Å². The molecule has 2 unspecified atom stereocenters. The van der Waals surface area contributed by atoms with Crippen LogP contribution in [0.25, 0.3) is 0 Å². The van der Waals surface area contributed by atoms with Crippen LogP contribution in [-0.2, 0) is 4.79 Å². The minimum atomic E-state index is -0.399. The van der Waals surface area contributed by atoms with Crippen LogP contribution >= 0.6 is 0 Å². The number of likely N-dealkylation sites (tertiary alicyclic amines) is 2. The summed E-state index contributed by atoms with van der Waals surface area (Å²) in [6.45, 7) is 2.19. The van der Waals surface area contributed by atoms with E-state index in [0.717, 1.165) is 31.5 Å². The first-order valence-electron chi connectivity index (χ1n) is 9.62. The largest absolute Gasteiger partial charge is 0.342 e. The Bertz CT molecular complexity index is 861.